The third kappa shape index (κ3) is 2.99. The van der Waals surface area contributed by atoms with Crippen LogP contribution in [0.25, 0.3) is 0 Å². The van der Waals surface area contributed by atoms with Gasteiger partial charge < -0.3 is 5.73 Å². The average molecular weight is 297 g/mol. The van der Waals surface area contributed by atoms with Crippen LogP contribution in [-0.4, -0.2) is 14.8 Å². The standard InChI is InChI=1S/C14H18ClFN4/c1-3-12-14(15)13(20(4-2)19-12)6-11(17)9-5-10(16)8-18-7-9/h5,7-8,11H,3-4,6,17H2,1-2H3. The molecule has 0 radical (unpaired) electrons. The molecule has 4 nitrogen and oxygen atoms in total. The lowest BCUT2D eigenvalue weighted by Gasteiger charge is -2.13. The first-order chi connectivity index (χ1) is 9.56. The predicted octanol–water partition coefficient (Wildman–Crippen LogP) is 2.90. The van der Waals surface area contributed by atoms with Crippen LogP contribution in [0.1, 0.15) is 36.8 Å². The molecule has 0 aliphatic rings. The van der Waals surface area contributed by atoms with Crippen molar-refractivity contribution in [2.45, 2.75) is 39.3 Å². The van der Waals surface area contributed by atoms with Crippen LogP contribution in [-0.2, 0) is 19.4 Å². The Morgan fingerprint density at radius 2 is 2.15 bits per heavy atom. The fourth-order valence-corrected chi connectivity index (χ4v) is 2.52. The molecule has 1 unspecified atom stereocenters. The lowest BCUT2D eigenvalue weighted by Crippen LogP contribution is -2.16. The van der Waals surface area contributed by atoms with E-state index in [1.165, 1.54) is 6.07 Å². The smallest absolute Gasteiger partial charge is 0.141 e. The van der Waals surface area contributed by atoms with E-state index < -0.39 is 0 Å². The van der Waals surface area contributed by atoms with E-state index in [2.05, 4.69) is 10.1 Å². The van der Waals surface area contributed by atoms with Gasteiger partial charge in [-0.2, -0.15) is 5.10 Å². The second kappa shape index (κ2) is 6.33. The summed E-state index contributed by atoms with van der Waals surface area (Å²) >= 11 is 6.34. The summed E-state index contributed by atoms with van der Waals surface area (Å²) in [6.45, 7) is 4.74. The van der Waals surface area contributed by atoms with Crippen molar-refractivity contribution in [3.8, 4) is 0 Å². The molecule has 0 fully saturated rings. The van der Waals surface area contributed by atoms with E-state index in [0.717, 1.165) is 30.6 Å². The Kier molecular flexibility index (Phi) is 4.73. The van der Waals surface area contributed by atoms with Crippen molar-refractivity contribution in [2.24, 2.45) is 5.73 Å². The Bertz CT molecular complexity index is 597. The third-order valence-electron chi connectivity index (χ3n) is 3.26. The van der Waals surface area contributed by atoms with E-state index in [-0.39, 0.29) is 11.9 Å². The van der Waals surface area contributed by atoms with Crippen LogP contribution < -0.4 is 5.73 Å². The molecule has 0 spiro atoms. The number of pyridine rings is 1. The van der Waals surface area contributed by atoms with Crippen LogP contribution in [0.2, 0.25) is 5.02 Å². The summed E-state index contributed by atoms with van der Waals surface area (Å²) in [5, 5.41) is 5.11. The maximum Gasteiger partial charge on any atom is 0.141 e. The number of nitrogens with two attached hydrogens (primary N) is 1. The number of hydrogen-bond donors (Lipinski definition) is 1. The number of aryl methyl sites for hydroxylation is 2. The molecule has 0 aliphatic heterocycles. The van der Waals surface area contributed by atoms with Crippen LogP contribution in [0.4, 0.5) is 4.39 Å². The Hall–Kier alpha value is -1.46. The predicted molar refractivity (Wildman–Crippen MR) is 77.1 cm³/mol. The molecule has 0 bridgehead atoms. The van der Waals surface area contributed by atoms with Gasteiger partial charge in [0.2, 0.25) is 0 Å². The normalized spacial score (nSPS) is 12.7. The Labute approximate surface area is 122 Å². The van der Waals surface area contributed by atoms with Crippen LogP contribution in [0, 0.1) is 5.82 Å². The molecular formula is C14H18ClFN4. The van der Waals surface area contributed by atoms with Crippen molar-refractivity contribution in [1.82, 2.24) is 14.8 Å². The summed E-state index contributed by atoms with van der Waals surface area (Å²) in [4.78, 5) is 3.82. The molecular weight excluding hydrogens is 279 g/mol. The summed E-state index contributed by atoms with van der Waals surface area (Å²) in [6.07, 6.45) is 4.02. The van der Waals surface area contributed by atoms with E-state index in [9.17, 15) is 4.39 Å². The van der Waals surface area contributed by atoms with Crippen molar-refractivity contribution in [1.29, 1.82) is 0 Å². The summed E-state index contributed by atoms with van der Waals surface area (Å²) < 4.78 is 15.0. The van der Waals surface area contributed by atoms with Gasteiger partial charge in [0, 0.05) is 25.2 Å². The Morgan fingerprint density at radius 3 is 2.75 bits per heavy atom. The number of rotatable bonds is 5. The molecule has 2 aromatic heterocycles. The van der Waals surface area contributed by atoms with Gasteiger partial charge in [-0.15, -0.1) is 0 Å². The Morgan fingerprint density at radius 1 is 1.40 bits per heavy atom. The first-order valence-corrected chi connectivity index (χ1v) is 7.04. The zero-order chi connectivity index (χ0) is 14.7. The van der Waals surface area contributed by atoms with E-state index in [0.29, 0.717) is 17.0 Å². The van der Waals surface area contributed by atoms with Crippen LogP contribution in [0.5, 0.6) is 0 Å². The van der Waals surface area contributed by atoms with Gasteiger partial charge in [0.15, 0.2) is 0 Å². The maximum atomic E-state index is 13.2. The lowest BCUT2D eigenvalue weighted by molar-refractivity contribution is 0.578. The zero-order valence-electron chi connectivity index (χ0n) is 11.6. The van der Waals surface area contributed by atoms with Crippen molar-refractivity contribution in [3.05, 3.63) is 46.3 Å². The van der Waals surface area contributed by atoms with Gasteiger partial charge in [-0.25, -0.2) is 4.39 Å². The van der Waals surface area contributed by atoms with E-state index >= 15 is 0 Å². The lowest BCUT2D eigenvalue weighted by atomic mass is 10.0. The molecule has 0 saturated heterocycles. The Balaban J connectivity index is 2.27. The highest BCUT2D eigenvalue weighted by atomic mass is 35.5. The molecule has 2 heterocycles. The van der Waals surface area contributed by atoms with E-state index in [1.807, 2.05) is 18.5 Å². The third-order valence-corrected chi connectivity index (χ3v) is 3.70. The molecule has 0 amide bonds. The van der Waals surface area contributed by atoms with Crippen molar-refractivity contribution in [3.63, 3.8) is 0 Å². The topological polar surface area (TPSA) is 56.7 Å². The summed E-state index contributed by atoms with van der Waals surface area (Å²) in [5.41, 5.74) is 8.55. The second-order valence-electron chi connectivity index (χ2n) is 4.62. The van der Waals surface area contributed by atoms with Gasteiger partial charge in [-0.3, -0.25) is 9.67 Å². The zero-order valence-corrected chi connectivity index (χ0v) is 12.4. The van der Waals surface area contributed by atoms with Gasteiger partial charge in [0.1, 0.15) is 5.82 Å². The average Bonchev–Trinajstić information content (AvgIpc) is 2.75. The highest BCUT2D eigenvalue weighted by molar-refractivity contribution is 6.31. The van der Waals surface area contributed by atoms with Gasteiger partial charge in [-0.1, -0.05) is 18.5 Å². The van der Waals surface area contributed by atoms with E-state index in [4.69, 9.17) is 17.3 Å². The highest BCUT2D eigenvalue weighted by Gasteiger charge is 2.18. The first kappa shape index (κ1) is 14.9. The van der Waals surface area contributed by atoms with Gasteiger partial charge in [0.05, 0.1) is 22.6 Å². The maximum absolute atomic E-state index is 13.2. The van der Waals surface area contributed by atoms with Gasteiger partial charge >= 0.3 is 0 Å². The SMILES string of the molecule is CCc1nn(CC)c(CC(N)c2cncc(F)c2)c1Cl. The monoisotopic (exact) mass is 296 g/mol. The van der Waals surface area contributed by atoms with E-state index in [1.54, 1.807) is 6.20 Å². The fourth-order valence-electron chi connectivity index (χ4n) is 2.17. The molecule has 6 heteroatoms. The molecule has 2 aromatic rings. The van der Waals surface area contributed by atoms with Crippen LogP contribution >= 0.6 is 11.6 Å². The van der Waals surface area contributed by atoms with Crippen molar-refractivity contribution in [2.75, 3.05) is 0 Å². The first-order valence-electron chi connectivity index (χ1n) is 6.66. The minimum atomic E-state index is -0.387. The number of aromatic nitrogens is 3. The molecule has 2 N–H and O–H groups in total. The quantitative estimate of drug-likeness (QED) is 0.923. The summed E-state index contributed by atoms with van der Waals surface area (Å²) in [7, 11) is 0. The largest absolute Gasteiger partial charge is 0.324 e. The number of nitrogens with zero attached hydrogens (tertiary/aromatic N) is 3. The fraction of sp³-hybridized carbons (Fsp3) is 0.429. The summed E-state index contributed by atoms with van der Waals surface area (Å²) in [5.74, 6) is -0.387. The van der Waals surface area contributed by atoms with Crippen molar-refractivity contribution >= 4 is 11.6 Å². The number of hydrogen-bond acceptors (Lipinski definition) is 3. The molecule has 0 saturated carbocycles. The molecule has 2 rings (SSSR count). The van der Waals surface area contributed by atoms with Crippen molar-refractivity contribution < 1.29 is 4.39 Å². The van der Waals surface area contributed by atoms with Crippen LogP contribution in [0.15, 0.2) is 18.5 Å². The molecule has 0 aromatic carbocycles. The number of halogens is 2. The van der Waals surface area contributed by atoms with Crippen LogP contribution in [0.3, 0.4) is 0 Å². The molecule has 0 aliphatic carbocycles. The minimum absolute atomic E-state index is 0.359. The van der Waals surface area contributed by atoms with Gasteiger partial charge in [0.25, 0.3) is 0 Å². The molecule has 1 atom stereocenters. The summed E-state index contributed by atoms with van der Waals surface area (Å²) in [6, 6.07) is 1.04. The van der Waals surface area contributed by atoms with Gasteiger partial charge in [-0.05, 0) is 25.0 Å². The second-order valence-corrected chi connectivity index (χ2v) is 5.00. The molecule has 108 valence electrons. The molecule has 20 heavy (non-hydrogen) atoms. The highest BCUT2D eigenvalue weighted by Crippen LogP contribution is 2.26. The minimum Gasteiger partial charge on any atom is -0.324 e.